The van der Waals surface area contributed by atoms with Gasteiger partial charge in [0.15, 0.2) is 0 Å². The second-order valence-corrected chi connectivity index (χ2v) is 4.81. The molecule has 0 saturated heterocycles. The summed E-state index contributed by atoms with van der Waals surface area (Å²) in [5, 5.41) is 17.3. The maximum Gasteiger partial charge on any atom is 0.338 e. The predicted molar refractivity (Wildman–Crippen MR) is 66.3 cm³/mol. The summed E-state index contributed by atoms with van der Waals surface area (Å²) in [6, 6.07) is 2.39. The zero-order valence-corrected chi connectivity index (χ0v) is 13.3. The third-order valence-electron chi connectivity index (χ3n) is 2.01. The van der Waals surface area contributed by atoms with Crippen molar-refractivity contribution in [2.75, 3.05) is 13.2 Å². The van der Waals surface area contributed by atoms with Crippen LogP contribution >= 0.6 is 0 Å². The Balaban J connectivity index is 0.00000361. The fourth-order valence-electron chi connectivity index (χ4n) is 1.21. The minimum atomic E-state index is -4.66. The van der Waals surface area contributed by atoms with E-state index in [4.69, 9.17) is 14.8 Å². The van der Waals surface area contributed by atoms with Crippen molar-refractivity contribution in [2.24, 2.45) is 0 Å². The first kappa shape index (κ1) is 19.0. The van der Waals surface area contributed by atoms with Crippen molar-refractivity contribution in [1.29, 1.82) is 0 Å². The topological polar surface area (TPSA) is 138 Å². The zero-order chi connectivity index (χ0) is 14.6. The maximum atomic E-state index is 11.5. The van der Waals surface area contributed by atoms with Gasteiger partial charge < -0.3 is 14.9 Å². The molecule has 10 heteroatoms. The summed E-state index contributed by atoms with van der Waals surface area (Å²) in [5.41, 5.74) is -0.855. The second-order valence-electron chi connectivity index (χ2n) is 3.39. The number of rotatable bonds is 5. The SMILES string of the molecule is O=C(O)c1cc(C(=O)OCCO)cc(S(=O)(=O)O)c1.[Na]. The van der Waals surface area contributed by atoms with Crippen molar-refractivity contribution in [2.45, 2.75) is 4.90 Å². The number of benzene rings is 1. The van der Waals surface area contributed by atoms with Crippen LogP contribution in [0.3, 0.4) is 0 Å². The molecule has 0 saturated carbocycles. The molecule has 0 aliphatic heterocycles. The molecule has 1 radical (unpaired) electrons. The number of hydrogen-bond acceptors (Lipinski definition) is 6. The number of aliphatic hydroxyl groups is 1. The van der Waals surface area contributed by atoms with Crippen LogP contribution in [0.15, 0.2) is 23.1 Å². The molecule has 0 unspecified atom stereocenters. The molecule has 8 nitrogen and oxygen atoms in total. The van der Waals surface area contributed by atoms with E-state index in [2.05, 4.69) is 4.74 Å². The molecule has 0 bridgehead atoms. The number of hydrogen-bond donors (Lipinski definition) is 3. The van der Waals surface area contributed by atoms with E-state index in [0.29, 0.717) is 6.07 Å². The van der Waals surface area contributed by atoms with E-state index in [1.165, 1.54) is 0 Å². The molecule has 0 spiro atoms. The van der Waals surface area contributed by atoms with Gasteiger partial charge in [-0.25, -0.2) is 9.59 Å². The summed E-state index contributed by atoms with van der Waals surface area (Å²) in [6.07, 6.45) is 0. The molecule has 1 rings (SSSR count). The molecule has 0 aliphatic carbocycles. The maximum absolute atomic E-state index is 11.5. The van der Waals surface area contributed by atoms with E-state index in [0.717, 1.165) is 12.1 Å². The number of esters is 1. The van der Waals surface area contributed by atoms with Crippen molar-refractivity contribution in [1.82, 2.24) is 0 Å². The van der Waals surface area contributed by atoms with Gasteiger partial charge in [-0.1, -0.05) is 0 Å². The molecule has 0 amide bonds. The number of carboxylic acid groups (broad SMARTS) is 1. The van der Waals surface area contributed by atoms with Crippen molar-refractivity contribution in [3.05, 3.63) is 29.3 Å². The van der Waals surface area contributed by atoms with E-state index in [1.807, 2.05) is 0 Å². The minimum Gasteiger partial charge on any atom is -0.478 e. The van der Waals surface area contributed by atoms with Gasteiger partial charge >= 0.3 is 11.9 Å². The molecule has 20 heavy (non-hydrogen) atoms. The van der Waals surface area contributed by atoms with Crippen LogP contribution in [0.5, 0.6) is 0 Å². The summed E-state index contributed by atoms with van der Waals surface area (Å²) in [7, 11) is -4.66. The molecule has 1 aromatic rings. The van der Waals surface area contributed by atoms with Gasteiger partial charge in [0.1, 0.15) is 6.61 Å². The van der Waals surface area contributed by atoms with Crippen LogP contribution in [0.25, 0.3) is 0 Å². The first-order valence-corrected chi connectivity index (χ1v) is 6.33. The van der Waals surface area contributed by atoms with Gasteiger partial charge in [0, 0.05) is 29.6 Å². The molecule has 0 aromatic heterocycles. The molecular formula is C10H10NaO8S. The molecule has 105 valence electrons. The van der Waals surface area contributed by atoms with Gasteiger partial charge in [-0.05, 0) is 18.2 Å². The first-order chi connectivity index (χ1) is 8.75. The van der Waals surface area contributed by atoms with E-state index in [-0.39, 0.29) is 41.7 Å². The van der Waals surface area contributed by atoms with E-state index in [9.17, 15) is 18.0 Å². The molecule has 0 fully saturated rings. The third kappa shape index (κ3) is 5.19. The predicted octanol–water partition coefficient (Wildman–Crippen LogP) is -0.600. The van der Waals surface area contributed by atoms with E-state index >= 15 is 0 Å². The van der Waals surface area contributed by atoms with Crippen LogP contribution in [-0.4, -0.2) is 77.9 Å². The second kappa shape index (κ2) is 7.72. The summed E-state index contributed by atoms with van der Waals surface area (Å²) in [6.45, 7) is -0.757. The van der Waals surface area contributed by atoms with Gasteiger partial charge in [-0.15, -0.1) is 0 Å². The monoisotopic (exact) mass is 313 g/mol. The van der Waals surface area contributed by atoms with Gasteiger partial charge in [-0.2, -0.15) is 8.42 Å². The number of carboxylic acids is 1. The number of carbonyl (C=O) groups is 2. The number of carbonyl (C=O) groups excluding carboxylic acids is 1. The number of aliphatic hydroxyl groups excluding tert-OH is 1. The zero-order valence-electron chi connectivity index (χ0n) is 10.4. The van der Waals surface area contributed by atoms with Crippen LogP contribution in [0, 0.1) is 0 Å². The van der Waals surface area contributed by atoms with Gasteiger partial charge in [0.05, 0.1) is 22.6 Å². The number of aromatic carboxylic acids is 1. The van der Waals surface area contributed by atoms with Crippen LogP contribution < -0.4 is 0 Å². The Morgan fingerprint density at radius 2 is 1.70 bits per heavy atom. The van der Waals surface area contributed by atoms with Crippen LogP contribution in [0.2, 0.25) is 0 Å². The molecule has 0 atom stereocenters. The van der Waals surface area contributed by atoms with E-state index < -0.39 is 39.1 Å². The molecule has 0 heterocycles. The first-order valence-electron chi connectivity index (χ1n) is 4.89. The van der Waals surface area contributed by atoms with Gasteiger partial charge in [0.25, 0.3) is 10.1 Å². The Labute approximate surface area is 136 Å². The van der Waals surface area contributed by atoms with Crippen LogP contribution in [0.1, 0.15) is 20.7 Å². The fourth-order valence-corrected chi connectivity index (χ4v) is 1.76. The molecule has 3 N–H and O–H groups in total. The average molecular weight is 313 g/mol. The average Bonchev–Trinajstić information content (AvgIpc) is 2.34. The van der Waals surface area contributed by atoms with E-state index in [1.54, 1.807) is 0 Å². The van der Waals surface area contributed by atoms with Crippen molar-refractivity contribution < 1.29 is 37.5 Å². The smallest absolute Gasteiger partial charge is 0.338 e. The Kier molecular flexibility index (Phi) is 7.34. The van der Waals surface area contributed by atoms with Crippen molar-refractivity contribution in [3.8, 4) is 0 Å². The minimum absolute atomic E-state index is 0. The number of ether oxygens (including phenoxy) is 1. The third-order valence-corrected chi connectivity index (χ3v) is 2.84. The fraction of sp³-hybridized carbons (Fsp3) is 0.200. The standard InChI is InChI=1S/C10H10O8S.Na/c11-1-2-18-10(14)7-3-6(9(12)13)4-8(5-7)19(15,16)17;/h3-5,11H,1-2H2,(H,12,13)(H,15,16,17);. The van der Waals surface area contributed by atoms with Gasteiger partial charge in [0.2, 0.25) is 0 Å². The Bertz CT molecular complexity index is 610. The Morgan fingerprint density at radius 3 is 2.15 bits per heavy atom. The quantitative estimate of drug-likeness (QED) is 0.372. The molecule has 0 aliphatic rings. The molecular weight excluding hydrogens is 303 g/mol. The molecule has 1 aromatic carbocycles. The normalized spacial score (nSPS) is 10.5. The Hall–Kier alpha value is -0.970. The van der Waals surface area contributed by atoms with Crippen LogP contribution in [0.4, 0.5) is 0 Å². The van der Waals surface area contributed by atoms with Crippen LogP contribution in [-0.2, 0) is 14.9 Å². The summed E-state index contributed by atoms with van der Waals surface area (Å²) in [4.78, 5) is 21.5. The summed E-state index contributed by atoms with van der Waals surface area (Å²) >= 11 is 0. The largest absolute Gasteiger partial charge is 0.478 e. The summed E-state index contributed by atoms with van der Waals surface area (Å²) in [5.74, 6) is -2.48. The Morgan fingerprint density at radius 1 is 1.15 bits per heavy atom. The van der Waals surface area contributed by atoms with Crippen molar-refractivity contribution in [3.63, 3.8) is 0 Å². The summed E-state index contributed by atoms with van der Waals surface area (Å²) < 4.78 is 35.3. The van der Waals surface area contributed by atoms with Gasteiger partial charge in [-0.3, -0.25) is 4.55 Å². The van der Waals surface area contributed by atoms with Crippen molar-refractivity contribution >= 4 is 51.6 Å².